The number of aromatic nitrogens is 2. The molecule has 3 nitrogen and oxygen atoms in total. The predicted molar refractivity (Wildman–Crippen MR) is 97.3 cm³/mol. The summed E-state index contributed by atoms with van der Waals surface area (Å²) < 4.78 is 2.26. The van der Waals surface area contributed by atoms with Gasteiger partial charge in [0, 0.05) is 17.6 Å². The Morgan fingerprint density at radius 3 is 2.61 bits per heavy atom. The minimum atomic E-state index is 0.907. The molecule has 1 heterocycles. The zero-order valence-corrected chi connectivity index (χ0v) is 13.2. The van der Waals surface area contributed by atoms with Crippen molar-refractivity contribution in [3.63, 3.8) is 0 Å². The van der Waals surface area contributed by atoms with Crippen LogP contribution in [0.3, 0.4) is 0 Å². The lowest BCUT2D eigenvalue weighted by Gasteiger charge is -2.12. The third-order valence-electron chi connectivity index (χ3n) is 4.14. The molecule has 114 valence electrons. The van der Waals surface area contributed by atoms with E-state index in [4.69, 9.17) is 4.98 Å². The fourth-order valence-electron chi connectivity index (χ4n) is 3.08. The number of aryl methyl sites for hydroxylation is 1. The first-order valence-corrected chi connectivity index (χ1v) is 8.07. The van der Waals surface area contributed by atoms with Gasteiger partial charge in [-0.2, -0.15) is 0 Å². The fourth-order valence-corrected chi connectivity index (χ4v) is 3.08. The van der Waals surface area contributed by atoms with E-state index in [9.17, 15) is 0 Å². The number of hydrogen-bond acceptors (Lipinski definition) is 2. The van der Waals surface area contributed by atoms with Crippen LogP contribution in [0.2, 0.25) is 0 Å². The first-order chi connectivity index (χ1) is 11.4. The molecule has 0 aliphatic rings. The molecule has 0 amide bonds. The molecule has 0 atom stereocenters. The van der Waals surface area contributed by atoms with Gasteiger partial charge in [0.25, 0.3) is 0 Å². The third kappa shape index (κ3) is 2.44. The Morgan fingerprint density at radius 1 is 0.913 bits per heavy atom. The highest BCUT2D eigenvalue weighted by molar-refractivity contribution is 5.95. The molecule has 0 aliphatic carbocycles. The minimum Gasteiger partial charge on any atom is -0.325 e. The van der Waals surface area contributed by atoms with E-state index in [1.807, 2.05) is 6.07 Å². The topological polar surface area (TPSA) is 29.9 Å². The Labute approximate surface area is 135 Å². The molecule has 0 aliphatic heterocycles. The number of rotatable bonds is 4. The van der Waals surface area contributed by atoms with Gasteiger partial charge in [0.2, 0.25) is 5.95 Å². The average molecular weight is 301 g/mol. The van der Waals surface area contributed by atoms with E-state index in [1.165, 1.54) is 16.3 Å². The predicted octanol–water partition coefficient (Wildman–Crippen LogP) is 5.34. The van der Waals surface area contributed by atoms with Crippen molar-refractivity contribution in [3.8, 4) is 0 Å². The summed E-state index contributed by atoms with van der Waals surface area (Å²) in [5.41, 5.74) is 3.30. The van der Waals surface area contributed by atoms with E-state index in [0.29, 0.717) is 0 Å². The second-order valence-corrected chi connectivity index (χ2v) is 5.73. The quantitative estimate of drug-likeness (QED) is 0.551. The van der Waals surface area contributed by atoms with Crippen LogP contribution in [0.15, 0.2) is 66.7 Å². The van der Waals surface area contributed by atoms with Crippen LogP contribution in [0.1, 0.15) is 13.3 Å². The molecule has 0 radical (unpaired) electrons. The van der Waals surface area contributed by atoms with Crippen LogP contribution < -0.4 is 5.32 Å². The molecule has 3 heteroatoms. The maximum Gasteiger partial charge on any atom is 0.208 e. The van der Waals surface area contributed by atoms with E-state index in [2.05, 4.69) is 77.5 Å². The smallest absolute Gasteiger partial charge is 0.208 e. The monoisotopic (exact) mass is 301 g/mol. The van der Waals surface area contributed by atoms with Crippen LogP contribution >= 0.6 is 0 Å². The summed E-state index contributed by atoms with van der Waals surface area (Å²) in [5.74, 6) is 0.907. The van der Waals surface area contributed by atoms with Gasteiger partial charge in [0.15, 0.2) is 0 Å². The zero-order chi connectivity index (χ0) is 15.6. The second-order valence-electron chi connectivity index (χ2n) is 5.73. The lowest BCUT2D eigenvalue weighted by Crippen LogP contribution is -2.03. The molecule has 0 spiro atoms. The van der Waals surface area contributed by atoms with Crippen molar-refractivity contribution in [3.05, 3.63) is 66.7 Å². The van der Waals surface area contributed by atoms with Gasteiger partial charge in [0.05, 0.1) is 11.0 Å². The first kappa shape index (κ1) is 13.8. The molecule has 0 bridgehead atoms. The highest BCUT2D eigenvalue weighted by Crippen LogP contribution is 2.28. The molecule has 1 N–H and O–H groups in total. The molecule has 0 unspecified atom stereocenters. The number of para-hydroxylation sites is 2. The molecule has 4 aromatic rings. The number of imidazole rings is 1. The lowest BCUT2D eigenvalue weighted by atomic mass is 10.1. The summed E-state index contributed by atoms with van der Waals surface area (Å²) in [7, 11) is 0. The lowest BCUT2D eigenvalue weighted by molar-refractivity contribution is 0.705. The van der Waals surface area contributed by atoms with Crippen LogP contribution in [0, 0.1) is 0 Å². The Bertz CT molecular complexity index is 964. The van der Waals surface area contributed by atoms with Gasteiger partial charge in [-0.1, -0.05) is 55.5 Å². The van der Waals surface area contributed by atoms with Gasteiger partial charge >= 0.3 is 0 Å². The minimum absolute atomic E-state index is 0.907. The maximum absolute atomic E-state index is 4.79. The summed E-state index contributed by atoms with van der Waals surface area (Å²) in [6.07, 6.45) is 1.07. The SMILES string of the molecule is CCCn1c(Nc2cccc3ccccc23)nc2ccccc21. The van der Waals surface area contributed by atoms with Crippen molar-refractivity contribution >= 4 is 33.4 Å². The Morgan fingerprint density at radius 2 is 1.70 bits per heavy atom. The van der Waals surface area contributed by atoms with Crippen LogP contribution in [0.5, 0.6) is 0 Å². The molecule has 1 aromatic heterocycles. The summed E-state index contributed by atoms with van der Waals surface area (Å²) in [6, 6.07) is 23.0. The van der Waals surface area contributed by atoms with Crippen molar-refractivity contribution in [1.82, 2.24) is 9.55 Å². The van der Waals surface area contributed by atoms with Crippen molar-refractivity contribution in [2.24, 2.45) is 0 Å². The summed E-state index contributed by atoms with van der Waals surface area (Å²) in [6.45, 7) is 3.14. The molecular formula is C20H19N3. The Kier molecular flexibility index (Phi) is 3.46. The number of benzene rings is 3. The number of nitrogens with one attached hydrogen (secondary N) is 1. The van der Waals surface area contributed by atoms with Crippen LogP contribution in [0.25, 0.3) is 21.8 Å². The molecule has 0 fully saturated rings. The standard InChI is InChI=1S/C20H19N3/c1-2-14-23-19-13-6-5-11-18(19)22-20(23)21-17-12-7-9-15-8-3-4-10-16(15)17/h3-13H,2,14H2,1H3,(H,21,22). The Hall–Kier alpha value is -2.81. The largest absolute Gasteiger partial charge is 0.325 e. The average Bonchev–Trinajstić information content (AvgIpc) is 2.93. The summed E-state index contributed by atoms with van der Waals surface area (Å²) in [5, 5.41) is 5.99. The maximum atomic E-state index is 4.79. The van der Waals surface area contributed by atoms with E-state index >= 15 is 0 Å². The van der Waals surface area contributed by atoms with Crippen LogP contribution in [-0.4, -0.2) is 9.55 Å². The molecule has 23 heavy (non-hydrogen) atoms. The van der Waals surface area contributed by atoms with Gasteiger partial charge < -0.3 is 9.88 Å². The first-order valence-electron chi connectivity index (χ1n) is 8.07. The van der Waals surface area contributed by atoms with E-state index in [1.54, 1.807) is 0 Å². The van der Waals surface area contributed by atoms with Gasteiger partial charge in [-0.15, -0.1) is 0 Å². The zero-order valence-electron chi connectivity index (χ0n) is 13.2. The number of anilines is 2. The molecule has 0 saturated heterocycles. The fraction of sp³-hybridized carbons (Fsp3) is 0.150. The van der Waals surface area contributed by atoms with Crippen molar-refractivity contribution in [1.29, 1.82) is 0 Å². The summed E-state index contributed by atoms with van der Waals surface area (Å²) in [4.78, 5) is 4.79. The number of fused-ring (bicyclic) bond motifs is 2. The van der Waals surface area contributed by atoms with Crippen molar-refractivity contribution in [2.45, 2.75) is 19.9 Å². The number of hydrogen-bond donors (Lipinski definition) is 1. The second kappa shape index (κ2) is 5.76. The van der Waals surface area contributed by atoms with Crippen molar-refractivity contribution in [2.75, 3.05) is 5.32 Å². The highest BCUT2D eigenvalue weighted by Gasteiger charge is 2.11. The third-order valence-corrected chi connectivity index (χ3v) is 4.14. The van der Waals surface area contributed by atoms with E-state index in [0.717, 1.165) is 30.1 Å². The van der Waals surface area contributed by atoms with E-state index < -0.39 is 0 Å². The molecule has 3 aromatic carbocycles. The van der Waals surface area contributed by atoms with Gasteiger partial charge in [0.1, 0.15) is 0 Å². The van der Waals surface area contributed by atoms with E-state index in [-0.39, 0.29) is 0 Å². The normalized spacial score (nSPS) is 11.2. The Balaban J connectivity index is 1.84. The molecule has 4 rings (SSSR count). The van der Waals surface area contributed by atoms with Crippen LogP contribution in [0.4, 0.5) is 11.6 Å². The summed E-state index contributed by atoms with van der Waals surface area (Å²) >= 11 is 0. The molecule has 0 saturated carbocycles. The van der Waals surface area contributed by atoms with Gasteiger partial charge in [-0.25, -0.2) is 4.98 Å². The van der Waals surface area contributed by atoms with Crippen molar-refractivity contribution < 1.29 is 0 Å². The van der Waals surface area contributed by atoms with Gasteiger partial charge in [-0.05, 0) is 30.0 Å². The molecular weight excluding hydrogens is 282 g/mol. The van der Waals surface area contributed by atoms with Gasteiger partial charge in [-0.3, -0.25) is 0 Å². The highest BCUT2D eigenvalue weighted by atomic mass is 15.2. The number of nitrogens with zero attached hydrogens (tertiary/aromatic N) is 2. The van der Waals surface area contributed by atoms with Crippen LogP contribution in [-0.2, 0) is 6.54 Å².